The Balaban J connectivity index is 2.50. The molecular weight excluding hydrogens is 336 g/mol. The first-order valence-electron chi connectivity index (χ1n) is 6.66. The monoisotopic (exact) mass is 352 g/mol. The lowest BCUT2D eigenvalue weighted by molar-refractivity contribution is -0.138. The first kappa shape index (κ1) is 15.6. The van der Waals surface area contributed by atoms with Crippen LogP contribution in [0.5, 0.6) is 0 Å². The Kier molecular flexibility index (Phi) is 4.72. The van der Waals surface area contributed by atoms with Crippen molar-refractivity contribution in [3.8, 4) is 11.4 Å². The van der Waals surface area contributed by atoms with E-state index in [-0.39, 0.29) is 18.4 Å². The van der Waals surface area contributed by atoms with Crippen molar-refractivity contribution >= 4 is 21.9 Å². The predicted octanol–water partition coefficient (Wildman–Crippen LogP) is 3.08. The summed E-state index contributed by atoms with van der Waals surface area (Å²) >= 11 is 3.44. The van der Waals surface area contributed by atoms with Crippen molar-refractivity contribution in [2.45, 2.75) is 33.2 Å². The zero-order valence-electron chi connectivity index (χ0n) is 12.1. The third-order valence-electron chi connectivity index (χ3n) is 3.40. The molecule has 21 heavy (non-hydrogen) atoms. The molecule has 0 saturated heterocycles. The van der Waals surface area contributed by atoms with Crippen molar-refractivity contribution in [2.24, 2.45) is 5.92 Å². The molecule has 1 aromatic carbocycles. The van der Waals surface area contributed by atoms with Gasteiger partial charge in [0.05, 0.1) is 12.5 Å². The minimum Gasteiger partial charge on any atom is -0.481 e. The van der Waals surface area contributed by atoms with Gasteiger partial charge in [-0.2, -0.15) is 0 Å². The Morgan fingerprint density at radius 3 is 2.76 bits per heavy atom. The number of benzene rings is 1. The van der Waals surface area contributed by atoms with Gasteiger partial charge in [0.25, 0.3) is 0 Å². The molecule has 1 unspecified atom stereocenters. The minimum absolute atomic E-state index is 0.0112. The number of carbonyl (C=O) groups is 1. The normalized spacial score (nSPS) is 12.6. The Bertz CT molecular complexity index is 654. The maximum absolute atomic E-state index is 11.1. The molecule has 2 aromatic rings. The van der Waals surface area contributed by atoms with E-state index in [1.807, 2.05) is 39.0 Å². The van der Waals surface area contributed by atoms with Crippen molar-refractivity contribution in [1.82, 2.24) is 20.2 Å². The van der Waals surface area contributed by atoms with Gasteiger partial charge in [-0.05, 0) is 41.0 Å². The van der Waals surface area contributed by atoms with E-state index in [1.54, 1.807) is 4.68 Å². The van der Waals surface area contributed by atoms with Gasteiger partial charge in [0.15, 0.2) is 5.82 Å². The van der Waals surface area contributed by atoms with Crippen LogP contribution in [0.15, 0.2) is 22.7 Å². The lowest BCUT2D eigenvalue weighted by atomic mass is 10.0. The van der Waals surface area contributed by atoms with E-state index in [4.69, 9.17) is 5.11 Å². The van der Waals surface area contributed by atoms with E-state index in [2.05, 4.69) is 31.5 Å². The average molecular weight is 353 g/mol. The molecule has 0 aliphatic heterocycles. The quantitative estimate of drug-likeness (QED) is 0.893. The van der Waals surface area contributed by atoms with Crippen LogP contribution in [0, 0.1) is 12.8 Å². The lowest BCUT2D eigenvalue weighted by Crippen LogP contribution is -2.21. The Hall–Kier alpha value is -1.76. The summed E-state index contributed by atoms with van der Waals surface area (Å²) in [4.78, 5) is 11.1. The Morgan fingerprint density at radius 1 is 1.43 bits per heavy atom. The molecule has 0 amide bonds. The molecule has 0 spiro atoms. The highest BCUT2D eigenvalue weighted by atomic mass is 79.9. The number of aromatic nitrogens is 4. The fourth-order valence-corrected chi connectivity index (χ4v) is 2.57. The standard InChI is InChI=1S/C14H17BrN4O2/c1-8(2)12(7-13(20)21)19-14(16-17-18-19)11-6-10(15)5-4-9(11)3/h4-6,8,12H,7H2,1-3H3,(H,20,21). The molecule has 0 aliphatic carbocycles. The number of rotatable bonds is 5. The van der Waals surface area contributed by atoms with Crippen LogP contribution in [-0.2, 0) is 4.79 Å². The summed E-state index contributed by atoms with van der Waals surface area (Å²) < 4.78 is 2.55. The van der Waals surface area contributed by atoms with Crippen molar-refractivity contribution in [1.29, 1.82) is 0 Å². The summed E-state index contributed by atoms with van der Waals surface area (Å²) in [5.74, 6) is -0.161. The second-order valence-electron chi connectivity index (χ2n) is 5.32. The maximum Gasteiger partial charge on any atom is 0.305 e. The summed E-state index contributed by atoms with van der Waals surface area (Å²) in [6.45, 7) is 5.90. The van der Waals surface area contributed by atoms with Gasteiger partial charge in [-0.3, -0.25) is 4.79 Å². The molecular formula is C14H17BrN4O2. The summed E-state index contributed by atoms with van der Waals surface area (Å²) in [6.07, 6.45) is -0.0112. The van der Waals surface area contributed by atoms with E-state index in [0.717, 1.165) is 15.6 Å². The zero-order chi connectivity index (χ0) is 15.6. The second-order valence-corrected chi connectivity index (χ2v) is 6.23. The van der Waals surface area contributed by atoms with Gasteiger partial charge in [-0.1, -0.05) is 35.8 Å². The molecule has 6 nitrogen and oxygen atoms in total. The van der Waals surface area contributed by atoms with E-state index in [1.165, 1.54) is 0 Å². The third kappa shape index (κ3) is 3.47. The molecule has 0 saturated carbocycles. The molecule has 1 heterocycles. The van der Waals surface area contributed by atoms with Gasteiger partial charge in [-0.25, -0.2) is 4.68 Å². The summed E-state index contributed by atoms with van der Waals surface area (Å²) in [5.41, 5.74) is 1.93. The fraction of sp³-hybridized carbons (Fsp3) is 0.429. The van der Waals surface area contributed by atoms with Gasteiger partial charge in [0, 0.05) is 10.0 Å². The molecule has 0 fully saturated rings. The smallest absolute Gasteiger partial charge is 0.305 e. The van der Waals surface area contributed by atoms with E-state index < -0.39 is 5.97 Å². The average Bonchev–Trinajstić information content (AvgIpc) is 2.87. The SMILES string of the molecule is Cc1ccc(Br)cc1-c1nnnn1C(CC(=O)O)C(C)C. The van der Waals surface area contributed by atoms with Crippen LogP contribution in [-0.4, -0.2) is 31.3 Å². The molecule has 1 aromatic heterocycles. The van der Waals surface area contributed by atoms with E-state index >= 15 is 0 Å². The molecule has 0 bridgehead atoms. The summed E-state index contributed by atoms with van der Waals surface area (Å²) in [5, 5.41) is 20.9. The number of aliphatic carboxylic acids is 1. The molecule has 1 atom stereocenters. The molecule has 1 N–H and O–H groups in total. The molecule has 0 radical (unpaired) electrons. The Morgan fingerprint density at radius 2 is 2.14 bits per heavy atom. The highest BCUT2D eigenvalue weighted by Gasteiger charge is 2.24. The number of tetrazole rings is 1. The molecule has 7 heteroatoms. The number of carboxylic acids is 1. The highest BCUT2D eigenvalue weighted by molar-refractivity contribution is 9.10. The van der Waals surface area contributed by atoms with Crippen molar-refractivity contribution in [3.63, 3.8) is 0 Å². The molecule has 0 aliphatic rings. The number of hydrogen-bond acceptors (Lipinski definition) is 4. The van der Waals surface area contributed by atoms with Crippen LogP contribution in [0.1, 0.15) is 31.9 Å². The van der Waals surface area contributed by atoms with Gasteiger partial charge >= 0.3 is 5.97 Å². The lowest BCUT2D eigenvalue weighted by Gasteiger charge is -2.20. The van der Waals surface area contributed by atoms with Crippen LogP contribution < -0.4 is 0 Å². The van der Waals surface area contributed by atoms with Crippen molar-refractivity contribution < 1.29 is 9.90 Å². The third-order valence-corrected chi connectivity index (χ3v) is 3.89. The van der Waals surface area contributed by atoms with Crippen LogP contribution in [0.3, 0.4) is 0 Å². The minimum atomic E-state index is -0.860. The number of carboxylic acid groups (broad SMARTS) is 1. The second kappa shape index (κ2) is 6.34. The fourth-order valence-electron chi connectivity index (χ4n) is 2.21. The van der Waals surface area contributed by atoms with Crippen LogP contribution in [0.4, 0.5) is 0 Å². The Labute approximate surface area is 131 Å². The van der Waals surface area contributed by atoms with Crippen LogP contribution in [0.25, 0.3) is 11.4 Å². The van der Waals surface area contributed by atoms with Gasteiger partial charge in [0.1, 0.15) is 0 Å². The molecule has 112 valence electrons. The van der Waals surface area contributed by atoms with Crippen LogP contribution in [0.2, 0.25) is 0 Å². The van der Waals surface area contributed by atoms with Gasteiger partial charge < -0.3 is 5.11 Å². The first-order chi connectivity index (χ1) is 9.90. The summed E-state index contributed by atoms with van der Waals surface area (Å²) in [6, 6.07) is 5.57. The predicted molar refractivity (Wildman–Crippen MR) is 81.8 cm³/mol. The number of aryl methyl sites for hydroxylation is 1. The topological polar surface area (TPSA) is 80.9 Å². The van der Waals surface area contributed by atoms with E-state index in [0.29, 0.717) is 5.82 Å². The molecule has 2 rings (SSSR count). The van der Waals surface area contributed by atoms with Gasteiger partial charge in [0.2, 0.25) is 0 Å². The largest absolute Gasteiger partial charge is 0.481 e. The number of halogens is 1. The zero-order valence-corrected chi connectivity index (χ0v) is 13.7. The van der Waals surface area contributed by atoms with Crippen molar-refractivity contribution in [3.05, 3.63) is 28.2 Å². The van der Waals surface area contributed by atoms with Crippen LogP contribution >= 0.6 is 15.9 Å². The first-order valence-corrected chi connectivity index (χ1v) is 7.45. The number of nitrogens with zero attached hydrogens (tertiary/aromatic N) is 4. The number of hydrogen-bond donors (Lipinski definition) is 1. The van der Waals surface area contributed by atoms with Gasteiger partial charge in [-0.15, -0.1) is 5.10 Å². The van der Waals surface area contributed by atoms with Crippen molar-refractivity contribution in [2.75, 3.05) is 0 Å². The summed E-state index contributed by atoms with van der Waals surface area (Å²) in [7, 11) is 0. The highest BCUT2D eigenvalue weighted by Crippen LogP contribution is 2.29. The maximum atomic E-state index is 11.1. The van der Waals surface area contributed by atoms with E-state index in [9.17, 15) is 4.79 Å².